The number of nitrogens with zero attached hydrogens (tertiary/aromatic N) is 3. The Labute approximate surface area is 116 Å². The maximum absolute atomic E-state index is 9.61. The monoisotopic (exact) mass is 263 g/mol. The van der Waals surface area contributed by atoms with Crippen molar-refractivity contribution in [1.82, 2.24) is 9.88 Å². The fraction of sp³-hybridized carbons (Fsp3) is 0.667. The fourth-order valence-electron chi connectivity index (χ4n) is 2.63. The van der Waals surface area contributed by atoms with Crippen LogP contribution in [0.5, 0.6) is 0 Å². The zero-order chi connectivity index (χ0) is 14.0. The highest BCUT2D eigenvalue weighted by molar-refractivity contribution is 5.48. The maximum Gasteiger partial charge on any atom is 0.133 e. The molecule has 0 fully saturated rings. The van der Waals surface area contributed by atoms with Crippen LogP contribution in [0.3, 0.4) is 0 Å². The van der Waals surface area contributed by atoms with E-state index in [4.69, 9.17) is 0 Å². The Kier molecular flexibility index (Phi) is 4.42. The van der Waals surface area contributed by atoms with E-state index < -0.39 is 0 Å². The van der Waals surface area contributed by atoms with Gasteiger partial charge in [-0.05, 0) is 33.3 Å². The summed E-state index contributed by atoms with van der Waals surface area (Å²) in [5, 5.41) is 9.61. The molecule has 0 aliphatic carbocycles. The summed E-state index contributed by atoms with van der Waals surface area (Å²) in [6.45, 7) is 8.59. The van der Waals surface area contributed by atoms with Crippen LogP contribution >= 0.6 is 0 Å². The molecule has 2 heterocycles. The fourth-order valence-corrected chi connectivity index (χ4v) is 2.63. The van der Waals surface area contributed by atoms with Crippen molar-refractivity contribution in [3.8, 4) is 0 Å². The first kappa shape index (κ1) is 14.3. The van der Waals surface area contributed by atoms with Gasteiger partial charge in [-0.25, -0.2) is 4.98 Å². The Bertz CT molecular complexity index is 433. The first-order valence-corrected chi connectivity index (χ1v) is 7.07. The molecule has 1 aromatic heterocycles. The quantitative estimate of drug-likeness (QED) is 0.883. The highest BCUT2D eigenvalue weighted by Gasteiger charge is 2.24. The third-order valence-corrected chi connectivity index (χ3v) is 4.04. The van der Waals surface area contributed by atoms with Crippen molar-refractivity contribution in [2.75, 3.05) is 25.1 Å². The summed E-state index contributed by atoms with van der Waals surface area (Å²) in [6.07, 6.45) is 0.972. The molecule has 2 rings (SSSR count). The molecule has 0 radical (unpaired) electrons. The zero-order valence-corrected chi connectivity index (χ0v) is 12.4. The standard InChI is InChI=1S/C15H25N3O/c1-11(2)18-8-7-14(10-19)17(4)15-13(9-18)6-5-12(3)16-15/h5-6,11,14,19H,7-10H2,1-4H3/t14-/m0/s1. The number of anilines is 1. The van der Waals surface area contributed by atoms with Gasteiger partial charge in [0.2, 0.25) is 0 Å². The third kappa shape index (κ3) is 3.07. The molecule has 19 heavy (non-hydrogen) atoms. The molecule has 0 spiro atoms. The van der Waals surface area contributed by atoms with E-state index in [1.807, 2.05) is 14.0 Å². The summed E-state index contributed by atoms with van der Waals surface area (Å²) >= 11 is 0. The number of likely N-dealkylation sites (N-methyl/N-ethyl adjacent to an activating group) is 1. The topological polar surface area (TPSA) is 39.6 Å². The highest BCUT2D eigenvalue weighted by Crippen LogP contribution is 2.25. The Morgan fingerprint density at radius 2 is 2.16 bits per heavy atom. The van der Waals surface area contributed by atoms with Crippen LogP contribution in [0.2, 0.25) is 0 Å². The Hall–Kier alpha value is -1.13. The lowest BCUT2D eigenvalue weighted by atomic mass is 10.1. The SMILES string of the molecule is Cc1ccc2c(n1)N(C)[C@H](CO)CCN(C(C)C)C2. The van der Waals surface area contributed by atoms with E-state index in [-0.39, 0.29) is 12.6 Å². The lowest BCUT2D eigenvalue weighted by Gasteiger charge is -2.37. The second kappa shape index (κ2) is 5.88. The predicted molar refractivity (Wildman–Crippen MR) is 78.4 cm³/mol. The molecule has 4 nitrogen and oxygen atoms in total. The number of aromatic nitrogens is 1. The minimum absolute atomic E-state index is 0.148. The highest BCUT2D eigenvalue weighted by atomic mass is 16.3. The molecule has 1 aromatic rings. The minimum atomic E-state index is 0.148. The van der Waals surface area contributed by atoms with Crippen LogP contribution in [0.4, 0.5) is 5.82 Å². The predicted octanol–water partition coefficient (Wildman–Crippen LogP) is 1.80. The van der Waals surface area contributed by atoms with Crippen molar-refractivity contribution in [2.24, 2.45) is 0 Å². The molecule has 1 aliphatic heterocycles. The third-order valence-electron chi connectivity index (χ3n) is 4.04. The molecule has 0 amide bonds. The Balaban J connectivity index is 2.39. The number of hydrogen-bond donors (Lipinski definition) is 1. The molecule has 0 unspecified atom stereocenters. The van der Waals surface area contributed by atoms with Crippen molar-refractivity contribution in [1.29, 1.82) is 0 Å². The molecule has 1 N–H and O–H groups in total. The number of pyridine rings is 1. The van der Waals surface area contributed by atoms with Crippen molar-refractivity contribution in [3.05, 3.63) is 23.4 Å². The van der Waals surface area contributed by atoms with Crippen molar-refractivity contribution in [2.45, 2.75) is 45.8 Å². The van der Waals surface area contributed by atoms with E-state index in [0.717, 1.165) is 31.0 Å². The summed E-state index contributed by atoms with van der Waals surface area (Å²) in [4.78, 5) is 9.27. The van der Waals surface area contributed by atoms with Crippen LogP contribution in [-0.2, 0) is 6.54 Å². The lowest BCUT2D eigenvalue weighted by molar-refractivity contribution is 0.181. The van der Waals surface area contributed by atoms with Gasteiger partial charge in [-0.1, -0.05) is 6.07 Å². The van der Waals surface area contributed by atoms with Crippen LogP contribution in [0.25, 0.3) is 0 Å². The van der Waals surface area contributed by atoms with Gasteiger partial charge in [0.05, 0.1) is 12.6 Å². The van der Waals surface area contributed by atoms with Gasteiger partial charge < -0.3 is 10.0 Å². The minimum Gasteiger partial charge on any atom is -0.394 e. The Morgan fingerprint density at radius 1 is 1.42 bits per heavy atom. The molecular weight excluding hydrogens is 238 g/mol. The molecule has 0 bridgehead atoms. The summed E-state index contributed by atoms with van der Waals surface area (Å²) < 4.78 is 0. The van der Waals surface area contributed by atoms with Crippen LogP contribution < -0.4 is 4.90 Å². The molecule has 0 aromatic carbocycles. The van der Waals surface area contributed by atoms with E-state index in [9.17, 15) is 5.11 Å². The summed E-state index contributed by atoms with van der Waals surface area (Å²) in [5.41, 5.74) is 2.28. The zero-order valence-electron chi connectivity index (χ0n) is 12.4. The number of aliphatic hydroxyl groups is 1. The van der Waals surface area contributed by atoms with Crippen molar-refractivity contribution >= 4 is 5.82 Å². The molecule has 0 saturated carbocycles. The van der Waals surface area contributed by atoms with E-state index >= 15 is 0 Å². The lowest BCUT2D eigenvalue weighted by Crippen LogP contribution is -2.43. The first-order valence-electron chi connectivity index (χ1n) is 7.07. The van der Waals surface area contributed by atoms with Crippen molar-refractivity contribution < 1.29 is 5.11 Å². The molecule has 4 heteroatoms. The largest absolute Gasteiger partial charge is 0.394 e. The van der Waals surface area contributed by atoms with E-state index in [2.05, 4.69) is 40.8 Å². The number of aliphatic hydroxyl groups excluding tert-OH is 1. The van der Waals surface area contributed by atoms with Gasteiger partial charge in [-0.2, -0.15) is 0 Å². The second-order valence-electron chi connectivity index (χ2n) is 5.74. The van der Waals surface area contributed by atoms with Gasteiger partial charge in [0.25, 0.3) is 0 Å². The summed E-state index contributed by atoms with van der Waals surface area (Å²) in [7, 11) is 2.04. The van der Waals surface area contributed by atoms with Crippen LogP contribution in [0.15, 0.2) is 12.1 Å². The summed E-state index contributed by atoms with van der Waals surface area (Å²) in [5.74, 6) is 1.02. The molecule has 1 aliphatic rings. The van der Waals surface area contributed by atoms with Gasteiger partial charge in [-0.3, -0.25) is 4.90 Å². The van der Waals surface area contributed by atoms with Gasteiger partial charge in [0.1, 0.15) is 5.82 Å². The van der Waals surface area contributed by atoms with Crippen LogP contribution in [0, 0.1) is 6.92 Å². The van der Waals surface area contributed by atoms with E-state index in [1.54, 1.807) is 0 Å². The number of hydrogen-bond acceptors (Lipinski definition) is 4. The van der Waals surface area contributed by atoms with Gasteiger partial charge >= 0.3 is 0 Å². The molecular formula is C15H25N3O. The molecule has 1 atom stereocenters. The van der Waals surface area contributed by atoms with Crippen molar-refractivity contribution in [3.63, 3.8) is 0 Å². The normalized spacial score (nSPS) is 21.2. The Morgan fingerprint density at radius 3 is 2.79 bits per heavy atom. The average molecular weight is 263 g/mol. The van der Waals surface area contributed by atoms with Crippen LogP contribution in [0.1, 0.15) is 31.5 Å². The summed E-state index contributed by atoms with van der Waals surface area (Å²) in [6, 6.07) is 4.90. The first-order chi connectivity index (χ1) is 9.02. The van der Waals surface area contributed by atoms with E-state index in [0.29, 0.717) is 6.04 Å². The van der Waals surface area contributed by atoms with E-state index in [1.165, 1.54) is 5.56 Å². The molecule has 106 valence electrons. The smallest absolute Gasteiger partial charge is 0.133 e. The van der Waals surface area contributed by atoms with Gasteiger partial charge in [0.15, 0.2) is 0 Å². The number of rotatable bonds is 2. The number of fused-ring (bicyclic) bond motifs is 1. The van der Waals surface area contributed by atoms with Crippen LogP contribution in [-0.4, -0.2) is 47.3 Å². The second-order valence-corrected chi connectivity index (χ2v) is 5.74. The maximum atomic E-state index is 9.61. The van der Waals surface area contributed by atoms with Gasteiger partial charge in [0, 0.05) is 37.4 Å². The average Bonchev–Trinajstić information content (AvgIpc) is 2.37. The number of aryl methyl sites for hydroxylation is 1. The molecule has 0 saturated heterocycles. The van der Waals surface area contributed by atoms with Gasteiger partial charge in [-0.15, -0.1) is 0 Å².